The maximum atomic E-state index is 5.45. The van der Waals surface area contributed by atoms with Gasteiger partial charge in [0.2, 0.25) is 0 Å². The Bertz CT molecular complexity index is 365. The molecule has 0 N–H and O–H groups in total. The number of nitrogens with zero attached hydrogens (tertiary/aromatic N) is 1. The molecule has 0 aliphatic carbocycles. The third-order valence-electron chi connectivity index (χ3n) is 2.18. The van der Waals surface area contributed by atoms with Crippen LogP contribution in [0.3, 0.4) is 0 Å². The van der Waals surface area contributed by atoms with Crippen molar-refractivity contribution in [3.05, 3.63) is 66.0 Å². The van der Waals surface area contributed by atoms with Crippen molar-refractivity contribution in [2.24, 2.45) is 0 Å². The van der Waals surface area contributed by atoms with Crippen LogP contribution >= 0.6 is 23.0 Å². The van der Waals surface area contributed by atoms with Crippen LogP contribution in [-0.4, -0.2) is 4.98 Å². The van der Waals surface area contributed by atoms with Crippen LogP contribution in [0.5, 0.6) is 0 Å². The molecule has 1 atom stereocenters. The summed E-state index contributed by atoms with van der Waals surface area (Å²) in [6, 6.07) is 14.1. The fourth-order valence-corrected chi connectivity index (χ4v) is 2.04. The van der Waals surface area contributed by atoms with Gasteiger partial charge < -0.3 is 3.07 Å². The van der Waals surface area contributed by atoms with Crippen LogP contribution in [0.1, 0.15) is 17.2 Å². The van der Waals surface area contributed by atoms with Gasteiger partial charge in [-0.1, -0.05) is 36.4 Å². The monoisotopic (exact) mass is 311 g/mol. The molecule has 3 heteroatoms. The molecule has 0 spiro atoms. The van der Waals surface area contributed by atoms with Crippen LogP contribution in [0.2, 0.25) is 0 Å². The summed E-state index contributed by atoms with van der Waals surface area (Å²) in [7, 11) is 0. The molecule has 76 valence electrons. The Balaban J connectivity index is 2.34. The van der Waals surface area contributed by atoms with Gasteiger partial charge in [0.05, 0.1) is 0 Å². The van der Waals surface area contributed by atoms with E-state index in [0.29, 0.717) is 0 Å². The summed E-state index contributed by atoms with van der Waals surface area (Å²) in [4.78, 5) is 4.10. The highest BCUT2D eigenvalue weighted by Crippen LogP contribution is 2.26. The molecular formula is C12H10INO. The lowest BCUT2D eigenvalue weighted by Gasteiger charge is -2.13. The topological polar surface area (TPSA) is 22.1 Å². The van der Waals surface area contributed by atoms with Gasteiger partial charge in [0.1, 0.15) is 29.1 Å². The van der Waals surface area contributed by atoms with Crippen molar-refractivity contribution in [3.8, 4) is 0 Å². The summed E-state index contributed by atoms with van der Waals surface area (Å²) in [6.45, 7) is 0. The van der Waals surface area contributed by atoms with E-state index in [4.69, 9.17) is 3.07 Å². The third kappa shape index (κ3) is 2.54. The second-order valence-electron chi connectivity index (χ2n) is 3.17. The van der Waals surface area contributed by atoms with E-state index in [2.05, 4.69) is 17.1 Å². The Morgan fingerprint density at radius 2 is 1.73 bits per heavy atom. The summed E-state index contributed by atoms with van der Waals surface area (Å²) in [5, 5.41) is 0. The first-order chi connectivity index (χ1) is 7.42. The van der Waals surface area contributed by atoms with E-state index < -0.39 is 0 Å². The minimum atomic E-state index is -0.0412. The largest absolute Gasteiger partial charge is 0.303 e. The average molecular weight is 311 g/mol. The van der Waals surface area contributed by atoms with Crippen molar-refractivity contribution in [3.63, 3.8) is 0 Å². The van der Waals surface area contributed by atoms with Crippen LogP contribution in [0.4, 0.5) is 0 Å². The molecular weight excluding hydrogens is 301 g/mol. The molecule has 1 heterocycles. The van der Waals surface area contributed by atoms with Crippen LogP contribution < -0.4 is 0 Å². The zero-order chi connectivity index (χ0) is 10.5. The number of hydrogen-bond acceptors (Lipinski definition) is 2. The van der Waals surface area contributed by atoms with Gasteiger partial charge in [-0.05, 0) is 11.6 Å². The maximum absolute atomic E-state index is 5.45. The SMILES string of the molecule is IOC(c1ccccc1)c1cccnc1. The molecule has 0 radical (unpaired) electrons. The lowest BCUT2D eigenvalue weighted by Crippen LogP contribution is -2.00. The lowest BCUT2D eigenvalue weighted by atomic mass is 10.0. The highest BCUT2D eigenvalue weighted by Gasteiger charge is 2.13. The van der Waals surface area contributed by atoms with Gasteiger partial charge in [-0.15, -0.1) is 0 Å². The zero-order valence-electron chi connectivity index (χ0n) is 8.01. The number of benzene rings is 1. The van der Waals surface area contributed by atoms with Gasteiger partial charge >= 0.3 is 0 Å². The Labute approximate surface area is 103 Å². The summed E-state index contributed by atoms with van der Waals surface area (Å²) >= 11 is 1.93. The smallest absolute Gasteiger partial charge is 0.122 e. The quantitative estimate of drug-likeness (QED) is 0.809. The first kappa shape index (κ1) is 10.6. The maximum Gasteiger partial charge on any atom is 0.122 e. The van der Waals surface area contributed by atoms with Gasteiger partial charge in [-0.25, -0.2) is 0 Å². The second-order valence-corrected chi connectivity index (χ2v) is 3.67. The number of halogens is 1. The predicted octanol–water partition coefficient (Wildman–Crippen LogP) is 3.54. The molecule has 0 saturated carbocycles. The van der Waals surface area contributed by atoms with E-state index in [9.17, 15) is 0 Å². The predicted molar refractivity (Wildman–Crippen MR) is 67.6 cm³/mol. The minimum absolute atomic E-state index is 0.0412. The Morgan fingerprint density at radius 1 is 1.00 bits per heavy atom. The standard InChI is InChI=1S/C12H10INO/c13-15-12(10-5-2-1-3-6-10)11-7-4-8-14-9-11/h1-9,12H. The third-order valence-corrected chi connectivity index (χ3v) is 2.69. The van der Waals surface area contributed by atoms with E-state index in [1.54, 1.807) is 6.20 Å². The van der Waals surface area contributed by atoms with E-state index in [1.807, 2.05) is 59.5 Å². The molecule has 1 unspecified atom stereocenters. The summed E-state index contributed by atoms with van der Waals surface area (Å²) < 4.78 is 5.45. The molecule has 1 aromatic heterocycles. The number of rotatable bonds is 3. The molecule has 2 rings (SSSR count). The summed E-state index contributed by atoms with van der Waals surface area (Å²) in [6.07, 6.45) is 3.55. The van der Waals surface area contributed by atoms with Crippen molar-refractivity contribution in [1.29, 1.82) is 0 Å². The molecule has 15 heavy (non-hydrogen) atoms. The van der Waals surface area contributed by atoms with E-state index >= 15 is 0 Å². The fraction of sp³-hybridized carbons (Fsp3) is 0.0833. The van der Waals surface area contributed by atoms with Crippen LogP contribution in [-0.2, 0) is 3.07 Å². The number of aromatic nitrogens is 1. The van der Waals surface area contributed by atoms with Gasteiger partial charge in [0.15, 0.2) is 0 Å². The number of hydrogen-bond donors (Lipinski definition) is 0. The summed E-state index contributed by atoms with van der Waals surface area (Å²) in [5.41, 5.74) is 2.21. The van der Waals surface area contributed by atoms with Crippen LogP contribution in [0.15, 0.2) is 54.9 Å². The van der Waals surface area contributed by atoms with Crippen molar-refractivity contribution >= 4 is 23.0 Å². The first-order valence-corrected chi connectivity index (χ1v) is 5.52. The molecule has 2 aromatic rings. The average Bonchev–Trinajstić information content (AvgIpc) is 2.33. The lowest BCUT2D eigenvalue weighted by molar-refractivity contribution is 0.342. The minimum Gasteiger partial charge on any atom is -0.303 e. The highest BCUT2D eigenvalue weighted by atomic mass is 127. The van der Waals surface area contributed by atoms with E-state index in [-0.39, 0.29) is 6.10 Å². The normalized spacial score (nSPS) is 12.3. The van der Waals surface area contributed by atoms with Crippen molar-refractivity contribution in [2.75, 3.05) is 0 Å². The first-order valence-electron chi connectivity index (χ1n) is 4.64. The molecule has 0 aliphatic rings. The zero-order valence-corrected chi connectivity index (χ0v) is 10.2. The number of pyridine rings is 1. The second kappa shape index (κ2) is 5.23. The molecule has 0 saturated heterocycles. The molecule has 0 aliphatic heterocycles. The van der Waals surface area contributed by atoms with Crippen molar-refractivity contribution in [1.82, 2.24) is 4.98 Å². The van der Waals surface area contributed by atoms with Crippen LogP contribution in [0, 0.1) is 0 Å². The molecule has 0 fully saturated rings. The molecule has 2 nitrogen and oxygen atoms in total. The highest BCUT2D eigenvalue weighted by molar-refractivity contribution is 14.1. The summed E-state index contributed by atoms with van der Waals surface area (Å²) in [5.74, 6) is 0. The molecule has 0 bridgehead atoms. The van der Waals surface area contributed by atoms with Gasteiger partial charge in [0, 0.05) is 18.0 Å². The van der Waals surface area contributed by atoms with E-state index in [1.165, 1.54) is 0 Å². The van der Waals surface area contributed by atoms with Crippen molar-refractivity contribution in [2.45, 2.75) is 6.10 Å². The Morgan fingerprint density at radius 3 is 2.33 bits per heavy atom. The fourth-order valence-electron chi connectivity index (χ4n) is 1.45. The van der Waals surface area contributed by atoms with Crippen LogP contribution in [0.25, 0.3) is 0 Å². The van der Waals surface area contributed by atoms with Gasteiger partial charge in [-0.2, -0.15) is 0 Å². The Kier molecular flexibility index (Phi) is 3.69. The van der Waals surface area contributed by atoms with E-state index in [0.717, 1.165) is 11.1 Å². The van der Waals surface area contributed by atoms with Gasteiger partial charge in [-0.3, -0.25) is 4.98 Å². The van der Waals surface area contributed by atoms with Gasteiger partial charge in [0.25, 0.3) is 0 Å². The Hall–Kier alpha value is -0.940. The molecule has 1 aromatic carbocycles. The van der Waals surface area contributed by atoms with Crippen molar-refractivity contribution < 1.29 is 3.07 Å². The molecule has 0 amide bonds.